The highest BCUT2D eigenvalue weighted by Crippen LogP contribution is 2.30. The van der Waals surface area contributed by atoms with Crippen molar-refractivity contribution in [3.05, 3.63) is 83.4 Å². The van der Waals surface area contributed by atoms with E-state index in [2.05, 4.69) is 4.74 Å². The van der Waals surface area contributed by atoms with Crippen molar-refractivity contribution in [2.75, 3.05) is 13.1 Å². The van der Waals surface area contributed by atoms with Gasteiger partial charge in [-0.15, -0.1) is 13.2 Å². The van der Waals surface area contributed by atoms with Crippen LogP contribution in [0.3, 0.4) is 0 Å². The minimum Gasteiger partial charge on any atom is -0.489 e. The quantitative estimate of drug-likeness (QED) is 0.399. The first-order valence-electron chi connectivity index (χ1n) is 12.9. The van der Waals surface area contributed by atoms with E-state index in [1.165, 1.54) is 24.3 Å². The van der Waals surface area contributed by atoms with Gasteiger partial charge in [0, 0.05) is 31.5 Å². The Kier molecular flexibility index (Phi) is 8.39. The Morgan fingerprint density at radius 3 is 2.08 bits per heavy atom. The van der Waals surface area contributed by atoms with Gasteiger partial charge in [0.2, 0.25) is 5.91 Å². The Morgan fingerprint density at radius 2 is 1.52 bits per heavy atom. The first-order chi connectivity index (χ1) is 18.8. The van der Waals surface area contributed by atoms with Crippen molar-refractivity contribution in [2.24, 2.45) is 11.5 Å². The van der Waals surface area contributed by atoms with Crippen molar-refractivity contribution in [1.29, 1.82) is 0 Å². The van der Waals surface area contributed by atoms with Crippen molar-refractivity contribution in [2.45, 2.75) is 51.1 Å². The number of benzene rings is 3. The third kappa shape index (κ3) is 7.53. The average molecular weight is 556 g/mol. The van der Waals surface area contributed by atoms with Crippen molar-refractivity contribution in [3.63, 3.8) is 0 Å². The maximum atomic E-state index is 12.7. The number of nitrogens with two attached hydrogens (primary N) is 2. The van der Waals surface area contributed by atoms with E-state index in [1.807, 2.05) is 44.2 Å². The summed E-state index contributed by atoms with van der Waals surface area (Å²) in [5, 5.41) is 0. The summed E-state index contributed by atoms with van der Waals surface area (Å²) >= 11 is 0. The highest BCUT2D eigenvalue weighted by Gasteiger charge is 2.31. The number of amides is 2. The lowest BCUT2D eigenvalue weighted by Crippen LogP contribution is -2.42. The standard InChI is InChI=1S/C30H32F3N3O4/c1-29(2,35)22-8-5-20(6-9-22)21-7-12-26(25(18-21)28(34)38)39-23-13-15-36(16-14-23)27(37)17-19-3-10-24(11-4-19)40-30(31,32)33/h3-12,18,23H,13-17,35H2,1-2H3,(H2,34,38). The average Bonchev–Trinajstić information content (AvgIpc) is 2.89. The SMILES string of the molecule is CC(C)(N)c1ccc(-c2ccc(OC3CCN(C(=O)Cc4ccc(OC(F)(F)F)cc4)CC3)c(C(N)=O)c2)cc1. The van der Waals surface area contributed by atoms with E-state index < -0.39 is 17.8 Å². The van der Waals surface area contributed by atoms with Crippen molar-refractivity contribution in [3.8, 4) is 22.6 Å². The van der Waals surface area contributed by atoms with Crippen LogP contribution in [0.25, 0.3) is 11.1 Å². The maximum absolute atomic E-state index is 12.7. The number of hydrogen-bond acceptors (Lipinski definition) is 5. The fourth-order valence-corrected chi connectivity index (χ4v) is 4.60. The highest BCUT2D eigenvalue weighted by atomic mass is 19.4. The van der Waals surface area contributed by atoms with Crippen LogP contribution < -0.4 is 20.9 Å². The second-order valence-electron chi connectivity index (χ2n) is 10.4. The molecule has 2 amide bonds. The molecule has 0 saturated carbocycles. The van der Waals surface area contributed by atoms with E-state index in [1.54, 1.807) is 17.0 Å². The van der Waals surface area contributed by atoms with Crippen LogP contribution in [-0.2, 0) is 16.8 Å². The molecular weight excluding hydrogens is 523 g/mol. The molecular formula is C30H32F3N3O4. The Labute approximate surface area is 230 Å². The van der Waals surface area contributed by atoms with Crippen LogP contribution in [-0.4, -0.2) is 42.3 Å². The molecule has 1 aliphatic heterocycles. The minimum atomic E-state index is -4.77. The molecule has 0 spiro atoms. The van der Waals surface area contributed by atoms with Crippen molar-refractivity contribution < 1.29 is 32.2 Å². The van der Waals surface area contributed by atoms with Gasteiger partial charge in [-0.1, -0.05) is 42.5 Å². The lowest BCUT2D eigenvalue weighted by molar-refractivity contribution is -0.274. The first kappa shape index (κ1) is 28.9. The molecule has 0 aromatic heterocycles. The Morgan fingerprint density at radius 1 is 0.925 bits per heavy atom. The molecule has 40 heavy (non-hydrogen) atoms. The monoisotopic (exact) mass is 555 g/mol. The molecule has 1 fully saturated rings. The number of rotatable bonds is 8. The van der Waals surface area contributed by atoms with Gasteiger partial charge >= 0.3 is 6.36 Å². The Hall–Kier alpha value is -4.05. The van der Waals surface area contributed by atoms with Gasteiger partial charge in [0.05, 0.1) is 12.0 Å². The minimum absolute atomic E-state index is 0.0643. The topological polar surface area (TPSA) is 108 Å². The number of likely N-dealkylation sites (tertiary alicyclic amines) is 1. The van der Waals surface area contributed by atoms with E-state index in [0.717, 1.165) is 16.7 Å². The predicted octanol–water partition coefficient (Wildman–Crippen LogP) is 5.16. The fourth-order valence-electron chi connectivity index (χ4n) is 4.60. The van der Waals surface area contributed by atoms with E-state index in [-0.39, 0.29) is 29.7 Å². The molecule has 0 atom stereocenters. The zero-order valence-corrected chi connectivity index (χ0v) is 22.3. The summed E-state index contributed by atoms with van der Waals surface area (Å²) in [7, 11) is 0. The molecule has 1 aliphatic rings. The van der Waals surface area contributed by atoms with Crippen LogP contribution >= 0.6 is 0 Å². The van der Waals surface area contributed by atoms with E-state index in [0.29, 0.717) is 37.2 Å². The zero-order chi connectivity index (χ0) is 29.1. The number of nitrogens with zero attached hydrogens (tertiary/aromatic N) is 1. The zero-order valence-electron chi connectivity index (χ0n) is 22.3. The largest absolute Gasteiger partial charge is 0.573 e. The fraction of sp³-hybridized carbons (Fsp3) is 0.333. The predicted molar refractivity (Wildman–Crippen MR) is 145 cm³/mol. The molecule has 0 radical (unpaired) electrons. The summed E-state index contributed by atoms with van der Waals surface area (Å²) in [5.74, 6) is -0.676. The number of hydrogen-bond donors (Lipinski definition) is 2. The number of halogens is 3. The van der Waals surface area contributed by atoms with Gasteiger partial charge in [0.25, 0.3) is 5.91 Å². The molecule has 3 aromatic rings. The molecule has 4 N–H and O–H groups in total. The molecule has 3 aromatic carbocycles. The third-order valence-electron chi connectivity index (χ3n) is 6.81. The van der Waals surface area contributed by atoms with Gasteiger partial charge in [-0.3, -0.25) is 9.59 Å². The summed E-state index contributed by atoms with van der Waals surface area (Å²) < 4.78 is 47.0. The normalized spacial score (nSPS) is 14.6. The molecule has 0 aliphatic carbocycles. The van der Waals surface area contributed by atoms with Gasteiger partial charge in [0.1, 0.15) is 17.6 Å². The molecule has 0 bridgehead atoms. The molecule has 10 heteroatoms. The smallest absolute Gasteiger partial charge is 0.489 e. The number of carbonyl (C=O) groups excluding carboxylic acids is 2. The van der Waals surface area contributed by atoms with Crippen LogP contribution in [0.1, 0.15) is 48.2 Å². The Balaban J connectivity index is 1.34. The number of alkyl halides is 3. The van der Waals surface area contributed by atoms with Gasteiger partial charge in [-0.2, -0.15) is 0 Å². The summed E-state index contributed by atoms with van der Waals surface area (Å²) in [6.45, 7) is 4.76. The van der Waals surface area contributed by atoms with Crippen molar-refractivity contribution >= 4 is 11.8 Å². The Bertz CT molecular complexity index is 1340. The van der Waals surface area contributed by atoms with Gasteiger partial charge < -0.3 is 25.8 Å². The van der Waals surface area contributed by atoms with E-state index in [9.17, 15) is 22.8 Å². The number of ether oxygens (including phenoxy) is 2. The second kappa shape index (κ2) is 11.6. The molecule has 212 valence electrons. The molecule has 1 saturated heterocycles. The summed E-state index contributed by atoms with van der Waals surface area (Å²) in [6, 6.07) is 18.4. The molecule has 1 heterocycles. The van der Waals surface area contributed by atoms with Crippen molar-refractivity contribution in [1.82, 2.24) is 4.90 Å². The second-order valence-corrected chi connectivity index (χ2v) is 10.4. The van der Waals surface area contributed by atoms with Crippen LogP contribution in [0.5, 0.6) is 11.5 Å². The van der Waals surface area contributed by atoms with Crippen LogP contribution in [0.2, 0.25) is 0 Å². The van der Waals surface area contributed by atoms with E-state index in [4.69, 9.17) is 16.2 Å². The first-order valence-corrected chi connectivity index (χ1v) is 12.9. The summed E-state index contributed by atoms with van der Waals surface area (Å²) in [5.41, 5.74) is 15.0. The molecule has 4 rings (SSSR count). The number of carbonyl (C=O) groups is 2. The van der Waals surface area contributed by atoms with Crippen LogP contribution in [0.4, 0.5) is 13.2 Å². The van der Waals surface area contributed by atoms with Gasteiger partial charge in [-0.25, -0.2) is 0 Å². The lowest BCUT2D eigenvalue weighted by atomic mass is 9.93. The molecule has 7 nitrogen and oxygen atoms in total. The van der Waals surface area contributed by atoms with Gasteiger partial charge in [0.15, 0.2) is 0 Å². The van der Waals surface area contributed by atoms with Gasteiger partial charge in [-0.05, 0) is 60.4 Å². The maximum Gasteiger partial charge on any atom is 0.573 e. The summed E-state index contributed by atoms with van der Waals surface area (Å²) in [4.78, 5) is 26.7. The van der Waals surface area contributed by atoms with Crippen LogP contribution in [0, 0.1) is 0 Å². The summed E-state index contributed by atoms with van der Waals surface area (Å²) in [6.07, 6.45) is -3.80. The van der Waals surface area contributed by atoms with E-state index >= 15 is 0 Å². The highest BCUT2D eigenvalue weighted by molar-refractivity contribution is 5.97. The molecule has 0 unspecified atom stereocenters. The third-order valence-corrected chi connectivity index (χ3v) is 6.81. The number of primary amides is 1. The number of piperidine rings is 1. The lowest BCUT2D eigenvalue weighted by Gasteiger charge is -2.32. The van der Waals surface area contributed by atoms with Crippen LogP contribution in [0.15, 0.2) is 66.7 Å².